The predicted octanol–water partition coefficient (Wildman–Crippen LogP) is 2.55. The molecule has 1 aromatic carbocycles. The van der Waals surface area contributed by atoms with Gasteiger partial charge in [0.05, 0.1) is 11.5 Å². The third kappa shape index (κ3) is 2.26. The third-order valence-corrected chi connectivity index (χ3v) is 3.06. The Labute approximate surface area is 105 Å². The lowest BCUT2D eigenvalue weighted by Crippen LogP contribution is -2.39. The minimum atomic E-state index is -0.628. The molecule has 0 aromatic heterocycles. The van der Waals surface area contributed by atoms with Gasteiger partial charge >= 0.3 is 0 Å². The van der Waals surface area contributed by atoms with Gasteiger partial charge in [0.15, 0.2) is 0 Å². The first-order valence-electron chi connectivity index (χ1n) is 5.15. The number of nitrogens with one attached hydrogen (secondary N) is 1. The van der Waals surface area contributed by atoms with Gasteiger partial charge < -0.3 is 5.32 Å². The zero-order valence-corrected chi connectivity index (χ0v) is 10.6. The number of piperidine rings is 1. The highest BCUT2D eigenvalue weighted by molar-refractivity contribution is 8.93. The van der Waals surface area contributed by atoms with Crippen molar-refractivity contribution < 1.29 is 4.39 Å². The molecule has 1 heterocycles. The van der Waals surface area contributed by atoms with Crippen LogP contribution in [0.2, 0.25) is 0 Å². The van der Waals surface area contributed by atoms with Crippen molar-refractivity contribution in [1.29, 1.82) is 5.26 Å². The van der Waals surface area contributed by atoms with Crippen molar-refractivity contribution in [3.05, 3.63) is 35.6 Å². The van der Waals surface area contributed by atoms with Crippen LogP contribution in [0.3, 0.4) is 0 Å². The number of hydrogen-bond acceptors (Lipinski definition) is 2. The highest BCUT2D eigenvalue weighted by Gasteiger charge is 2.35. The first kappa shape index (κ1) is 13.1. The van der Waals surface area contributed by atoms with Gasteiger partial charge in [0.2, 0.25) is 0 Å². The van der Waals surface area contributed by atoms with Crippen molar-refractivity contribution in [3.63, 3.8) is 0 Å². The highest BCUT2D eigenvalue weighted by Crippen LogP contribution is 2.34. The first-order valence-corrected chi connectivity index (χ1v) is 5.15. The van der Waals surface area contributed by atoms with Gasteiger partial charge in [-0.1, -0.05) is 18.2 Å². The molecule has 0 unspecified atom stereocenters. The molecule has 0 aliphatic carbocycles. The molecular formula is C12H14BrFN2. The van der Waals surface area contributed by atoms with Crippen LogP contribution in [-0.4, -0.2) is 13.1 Å². The Balaban J connectivity index is 0.00000128. The zero-order chi connectivity index (χ0) is 10.7. The van der Waals surface area contributed by atoms with Crippen molar-refractivity contribution in [1.82, 2.24) is 5.32 Å². The van der Waals surface area contributed by atoms with E-state index in [2.05, 4.69) is 11.4 Å². The van der Waals surface area contributed by atoms with Crippen molar-refractivity contribution in [2.24, 2.45) is 0 Å². The third-order valence-electron chi connectivity index (χ3n) is 3.06. The van der Waals surface area contributed by atoms with Crippen LogP contribution in [0.25, 0.3) is 0 Å². The van der Waals surface area contributed by atoms with Gasteiger partial charge in [-0.25, -0.2) is 4.39 Å². The summed E-state index contributed by atoms with van der Waals surface area (Å²) in [5.74, 6) is -0.263. The molecule has 0 atom stereocenters. The predicted molar refractivity (Wildman–Crippen MR) is 66.1 cm³/mol. The van der Waals surface area contributed by atoms with E-state index in [0.29, 0.717) is 18.4 Å². The van der Waals surface area contributed by atoms with Crippen LogP contribution >= 0.6 is 17.0 Å². The Morgan fingerprint density at radius 3 is 2.44 bits per heavy atom. The lowest BCUT2D eigenvalue weighted by Gasteiger charge is -2.31. The summed E-state index contributed by atoms with van der Waals surface area (Å²) in [7, 11) is 0. The Kier molecular flexibility index (Phi) is 4.45. The van der Waals surface area contributed by atoms with Crippen LogP contribution in [0.5, 0.6) is 0 Å². The SMILES string of the molecule is Br.N#CC1(c2ccccc2F)CCNCC1. The van der Waals surface area contributed by atoms with Crippen LogP contribution in [-0.2, 0) is 5.41 Å². The van der Waals surface area contributed by atoms with E-state index in [0.717, 1.165) is 13.1 Å². The van der Waals surface area contributed by atoms with Crippen molar-refractivity contribution in [2.75, 3.05) is 13.1 Å². The van der Waals surface area contributed by atoms with Gasteiger partial charge in [0, 0.05) is 5.56 Å². The molecule has 2 nitrogen and oxygen atoms in total. The fourth-order valence-corrected chi connectivity index (χ4v) is 2.14. The molecule has 0 bridgehead atoms. The molecule has 0 radical (unpaired) electrons. The van der Waals surface area contributed by atoms with Gasteiger partial charge in [-0.3, -0.25) is 0 Å². The molecule has 1 aromatic rings. The lowest BCUT2D eigenvalue weighted by atomic mass is 9.74. The van der Waals surface area contributed by atoms with Crippen molar-refractivity contribution >= 4 is 17.0 Å². The van der Waals surface area contributed by atoms with E-state index in [1.165, 1.54) is 6.07 Å². The maximum absolute atomic E-state index is 13.6. The molecule has 1 aliphatic heterocycles. The molecular weight excluding hydrogens is 271 g/mol. The maximum Gasteiger partial charge on any atom is 0.128 e. The van der Waals surface area contributed by atoms with Gasteiger partial charge in [0.1, 0.15) is 5.82 Å². The van der Waals surface area contributed by atoms with Crippen LogP contribution < -0.4 is 5.32 Å². The number of nitriles is 1. The van der Waals surface area contributed by atoms with E-state index in [1.807, 2.05) is 0 Å². The number of rotatable bonds is 1. The van der Waals surface area contributed by atoms with Crippen molar-refractivity contribution in [2.45, 2.75) is 18.3 Å². The van der Waals surface area contributed by atoms with Crippen LogP contribution in [0.4, 0.5) is 4.39 Å². The molecule has 2 rings (SSSR count). The fourth-order valence-electron chi connectivity index (χ4n) is 2.14. The van der Waals surface area contributed by atoms with Crippen molar-refractivity contribution in [3.8, 4) is 6.07 Å². The number of halogens is 2. The molecule has 4 heteroatoms. The van der Waals surface area contributed by atoms with E-state index in [1.54, 1.807) is 18.2 Å². The molecule has 86 valence electrons. The van der Waals surface area contributed by atoms with Crippen LogP contribution in [0.15, 0.2) is 24.3 Å². The summed E-state index contributed by atoms with van der Waals surface area (Å²) >= 11 is 0. The average Bonchev–Trinajstić information content (AvgIpc) is 2.30. The minimum absolute atomic E-state index is 0. The van der Waals surface area contributed by atoms with Gasteiger partial charge in [-0.15, -0.1) is 17.0 Å². The standard InChI is InChI=1S/C12H13FN2.BrH/c13-11-4-2-1-3-10(11)12(9-14)5-7-15-8-6-12;/h1-4,15H,5-8H2;1H. The minimum Gasteiger partial charge on any atom is -0.317 e. The van der Waals surface area contributed by atoms with Gasteiger partial charge in [-0.05, 0) is 32.0 Å². The Morgan fingerprint density at radius 1 is 1.25 bits per heavy atom. The van der Waals surface area contributed by atoms with Crippen LogP contribution in [0, 0.1) is 17.1 Å². The maximum atomic E-state index is 13.6. The zero-order valence-electron chi connectivity index (χ0n) is 8.87. The van der Waals surface area contributed by atoms with E-state index < -0.39 is 5.41 Å². The Bertz CT molecular complexity index is 394. The number of nitrogens with zero attached hydrogens (tertiary/aromatic N) is 1. The first-order chi connectivity index (χ1) is 7.28. The van der Waals surface area contributed by atoms with E-state index >= 15 is 0 Å². The molecule has 16 heavy (non-hydrogen) atoms. The smallest absolute Gasteiger partial charge is 0.128 e. The second-order valence-corrected chi connectivity index (χ2v) is 3.92. The second kappa shape index (κ2) is 5.42. The van der Waals surface area contributed by atoms with Crippen LogP contribution in [0.1, 0.15) is 18.4 Å². The number of benzene rings is 1. The highest BCUT2D eigenvalue weighted by atomic mass is 79.9. The summed E-state index contributed by atoms with van der Waals surface area (Å²) in [6, 6.07) is 8.90. The second-order valence-electron chi connectivity index (χ2n) is 3.92. The summed E-state index contributed by atoms with van der Waals surface area (Å²) in [5.41, 5.74) is -0.0784. The Morgan fingerprint density at radius 2 is 1.88 bits per heavy atom. The van der Waals surface area contributed by atoms with E-state index in [4.69, 9.17) is 0 Å². The molecule has 1 saturated heterocycles. The monoisotopic (exact) mass is 284 g/mol. The summed E-state index contributed by atoms with van der Waals surface area (Å²) in [6.45, 7) is 1.56. The fraction of sp³-hybridized carbons (Fsp3) is 0.417. The average molecular weight is 285 g/mol. The largest absolute Gasteiger partial charge is 0.317 e. The van der Waals surface area contributed by atoms with E-state index in [9.17, 15) is 9.65 Å². The van der Waals surface area contributed by atoms with Gasteiger partial charge in [0.25, 0.3) is 0 Å². The van der Waals surface area contributed by atoms with E-state index in [-0.39, 0.29) is 22.8 Å². The topological polar surface area (TPSA) is 35.8 Å². The molecule has 1 fully saturated rings. The molecule has 0 spiro atoms. The number of hydrogen-bond donors (Lipinski definition) is 1. The summed E-state index contributed by atoms with van der Waals surface area (Å²) < 4.78 is 13.6. The Hall–Kier alpha value is -0.920. The molecule has 1 aliphatic rings. The quantitative estimate of drug-likeness (QED) is 0.860. The normalized spacial score (nSPS) is 18.2. The molecule has 0 amide bonds. The van der Waals surface area contributed by atoms with Gasteiger partial charge in [-0.2, -0.15) is 5.26 Å². The lowest BCUT2D eigenvalue weighted by molar-refractivity contribution is 0.370. The molecule has 1 N–H and O–H groups in total. The molecule has 0 saturated carbocycles. The summed E-state index contributed by atoms with van der Waals surface area (Å²) in [6.07, 6.45) is 1.37. The summed E-state index contributed by atoms with van der Waals surface area (Å²) in [5, 5.41) is 12.5. The summed E-state index contributed by atoms with van der Waals surface area (Å²) in [4.78, 5) is 0.